The Morgan fingerprint density at radius 2 is 2.00 bits per heavy atom. The number of rotatable bonds is 4. The number of halogens is 2. The molecule has 0 saturated heterocycles. The number of nitrogens with one attached hydrogen (secondary N) is 1. The smallest absolute Gasteiger partial charge is 0.126 e. The molecule has 0 unspecified atom stereocenters. The lowest BCUT2D eigenvalue weighted by Crippen LogP contribution is -2.15. The van der Waals surface area contributed by atoms with E-state index in [4.69, 9.17) is 11.6 Å². The fraction of sp³-hybridized carbons (Fsp3) is 0.294. The summed E-state index contributed by atoms with van der Waals surface area (Å²) in [5, 5.41) is 4.13. The van der Waals surface area contributed by atoms with Crippen molar-refractivity contribution in [2.45, 2.75) is 32.4 Å². The molecule has 1 fully saturated rings. The monoisotopic (exact) mass is 289 g/mol. The van der Waals surface area contributed by atoms with Crippen LogP contribution in [0, 0.1) is 12.7 Å². The second kappa shape index (κ2) is 5.55. The predicted octanol–water partition coefficient (Wildman–Crippen LogP) is 4.71. The topological polar surface area (TPSA) is 12.0 Å². The molecule has 1 N–H and O–H groups in total. The highest BCUT2D eigenvalue weighted by atomic mass is 35.5. The van der Waals surface area contributed by atoms with Crippen molar-refractivity contribution in [1.29, 1.82) is 0 Å². The summed E-state index contributed by atoms with van der Waals surface area (Å²) in [5.41, 5.74) is 3.51. The Labute approximate surface area is 123 Å². The maximum atomic E-state index is 13.6. The zero-order valence-corrected chi connectivity index (χ0v) is 12.2. The van der Waals surface area contributed by atoms with Gasteiger partial charge in [0.15, 0.2) is 0 Å². The van der Waals surface area contributed by atoms with E-state index >= 15 is 0 Å². The van der Waals surface area contributed by atoms with Gasteiger partial charge in [-0.2, -0.15) is 0 Å². The molecule has 0 bridgehead atoms. The molecule has 0 aromatic heterocycles. The van der Waals surface area contributed by atoms with Gasteiger partial charge >= 0.3 is 0 Å². The van der Waals surface area contributed by atoms with Crippen LogP contribution in [0.1, 0.15) is 24.0 Å². The number of hydrogen-bond donors (Lipinski definition) is 1. The fourth-order valence-corrected chi connectivity index (χ4v) is 2.52. The molecule has 2 aromatic rings. The summed E-state index contributed by atoms with van der Waals surface area (Å²) in [6, 6.07) is 11.9. The summed E-state index contributed by atoms with van der Waals surface area (Å²) < 4.78 is 13.6. The first-order chi connectivity index (χ1) is 9.63. The molecule has 1 aliphatic rings. The first-order valence-corrected chi connectivity index (χ1v) is 7.29. The molecule has 0 heterocycles. The third-order valence-electron chi connectivity index (χ3n) is 3.69. The highest BCUT2D eigenvalue weighted by Crippen LogP contribution is 2.30. The van der Waals surface area contributed by atoms with Gasteiger partial charge < -0.3 is 5.32 Å². The van der Waals surface area contributed by atoms with Gasteiger partial charge in [-0.25, -0.2) is 4.39 Å². The molecule has 1 saturated carbocycles. The standard InChI is InChI=1S/C17H17ClFN/c1-11-2-4-13(9-17(11)19)15-7-3-12(8-16(15)18)10-20-14-5-6-14/h2-4,7-9,14,20H,5-6,10H2,1H3. The third kappa shape index (κ3) is 3.02. The van der Waals surface area contributed by atoms with Crippen LogP contribution in [0.15, 0.2) is 36.4 Å². The molecule has 2 aromatic carbocycles. The van der Waals surface area contributed by atoms with Gasteiger partial charge in [0.1, 0.15) is 5.82 Å². The van der Waals surface area contributed by atoms with Crippen molar-refractivity contribution in [3.63, 3.8) is 0 Å². The minimum Gasteiger partial charge on any atom is -0.310 e. The van der Waals surface area contributed by atoms with E-state index in [1.807, 2.05) is 24.3 Å². The Bertz CT molecular complexity index is 635. The Morgan fingerprint density at radius 3 is 2.65 bits per heavy atom. The molecule has 0 aliphatic heterocycles. The lowest BCUT2D eigenvalue weighted by Gasteiger charge is -2.09. The van der Waals surface area contributed by atoms with E-state index in [1.54, 1.807) is 19.1 Å². The molecule has 3 rings (SSSR count). The quantitative estimate of drug-likeness (QED) is 0.860. The molecule has 3 heteroatoms. The average Bonchev–Trinajstić information content (AvgIpc) is 3.24. The molecule has 104 valence electrons. The van der Waals surface area contributed by atoms with Crippen molar-refractivity contribution in [2.24, 2.45) is 0 Å². The van der Waals surface area contributed by atoms with Crippen molar-refractivity contribution >= 4 is 11.6 Å². The van der Waals surface area contributed by atoms with Crippen LogP contribution in [0.2, 0.25) is 5.02 Å². The van der Waals surface area contributed by atoms with Crippen molar-refractivity contribution in [3.05, 3.63) is 58.4 Å². The molecule has 0 radical (unpaired) electrons. The van der Waals surface area contributed by atoms with E-state index in [9.17, 15) is 4.39 Å². The number of aryl methyl sites for hydroxylation is 1. The predicted molar refractivity (Wildman–Crippen MR) is 81.4 cm³/mol. The van der Waals surface area contributed by atoms with Gasteiger partial charge in [-0.05, 0) is 48.6 Å². The van der Waals surface area contributed by atoms with Crippen LogP contribution in [0.5, 0.6) is 0 Å². The second-order valence-electron chi connectivity index (χ2n) is 5.43. The minimum atomic E-state index is -0.196. The normalized spacial score (nSPS) is 14.6. The molecular formula is C17H17ClFN. The van der Waals surface area contributed by atoms with Crippen LogP contribution in [-0.2, 0) is 6.54 Å². The van der Waals surface area contributed by atoms with Gasteiger partial charge in [-0.1, -0.05) is 35.9 Å². The van der Waals surface area contributed by atoms with Gasteiger partial charge in [-0.3, -0.25) is 0 Å². The van der Waals surface area contributed by atoms with Crippen LogP contribution >= 0.6 is 11.6 Å². The zero-order chi connectivity index (χ0) is 14.1. The Kier molecular flexibility index (Phi) is 3.77. The Balaban J connectivity index is 1.83. The maximum Gasteiger partial charge on any atom is 0.126 e. The van der Waals surface area contributed by atoms with E-state index < -0.39 is 0 Å². The molecule has 0 amide bonds. The molecule has 1 aliphatic carbocycles. The van der Waals surface area contributed by atoms with Gasteiger partial charge in [0.25, 0.3) is 0 Å². The van der Waals surface area contributed by atoms with Crippen LogP contribution < -0.4 is 5.32 Å². The first-order valence-electron chi connectivity index (χ1n) is 6.92. The van der Waals surface area contributed by atoms with Crippen LogP contribution in [-0.4, -0.2) is 6.04 Å². The number of hydrogen-bond acceptors (Lipinski definition) is 1. The van der Waals surface area contributed by atoms with Crippen LogP contribution in [0.3, 0.4) is 0 Å². The molecule has 1 nitrogen and oxygen atoms in total. The Morgan fingerprint density at radius 1 is 1.20 bits per heavy atom. The van der Waals surface area contributed by atoms with E-state index in [1.165, 1.54) is 18.4 Å². The van der Waals surface area contributed by atoms with Crippen LogP contribution in [0.4, 0.5) is 4.39 Å². The Hall–Kier alpha value is -1.38. The lowest BCUT2D eigenvalue weighted by atomic mass is 10.0. The largest absolute Gasteiger partial charge is 0.310 e. The maximum absolute atomic E-state index is 13.6. The summed E-state index contributed by atoms with van der Waals surface area (Å²) in [5.74, 6) is -0.196. The van der Waals surface area contributed by atoms with Gasteiger partial charge in [0.2, 0.25) is 0 Å². The van der Waals surface area contributed by atoms with E-state index in [0.717, 1.165) is 17.7 Å². The molecule has 0 spiro atoms. The van der Waals surface area contributed by atoms with Crippen LogP contribution in [0.25, 0.3) is 11.1 Å². The fourth-order valence-electron chi connectivity index (χ4n) is 2.21. The SMILES string of the molecule is Cc1ccc(-c2ccc(CNC3CC3)cc2Cl)cc1F. The highest BCUT2D eigenvalue weighted by molar-refractivity contribution is 6.33. The average molecular weight is 290 g/mol. The summed E-state index contributed by atoms with van der Waals surface area (Å²) in [6.07, 6.45) is 2.54. The second-order valence-corrected chi connectivity index (χ2v) is 5.84. The van der Waals surface area contributed by atoms with Crippen molar-refractivity contribution in [1.82, 2.24) is 5.32 Å². The van der Waals surface area contributed by atoms with Gasteiger partial charge in [0.05, 0.1) is 0 Å². The summed E-state index contributed by atoms with van der Waals surface area (Å²) >= 11 is 6.34. The minimum absolute atomic E-state index is 0.196. The summed E-state index contributed by atoms with van der Waals surface area (Å²) in [4.78, 5) is 0. The first kappa shape index (κ1) is 13.6. The summed E-state index contributed by atoms with van der Waals surface area (Å²) in [6.45, 7) is 2.60. The van der Waals surface area contributed by atoms with Gasteiger partial charge in [0, 0.05) is 23.2 Å². The van der Waals surface area contributed by atoms with E-state index in [0.29, 0.717) is 16.6 Å². The van der Waals surface area contributed by atoms with Crippen molar-refractivity contribution in [2.75, 3.05) is 0 Å². The highest BCUT2D eigenvalue weighted by Gasteiger charge is 2.20. The molecule has 20 heavy (non-hydrogen) atoms. The number of benzene rings is 2. The van der Waals surface area contributed by atoms with Gasteiger partial charge in [-0.15, -0.1) is 0 Å². The van der Waals surface area contributed by atoms with E-state index in [2.05, 4.69) is 5.32 Å². The summed E-state index contributed by atoms with van der Waals surface area (Å²) in [7, 11) is 0. The zero-order valence-electron chi connectivity index (χ0n) is 11.4. The van der Waals surface area contributed by atoms with Crippen molar-refractivity contribution < 1.29 is 4.39 Å². The molecule has 0 atom stereocenters. The third-order valence-corrected chi connectivity index (χ3v) is 4.00. The van der Waals surface area contributed by atoms with Crippen molar-refractivity contribution in [3.8, 4) is 11.1 Å². The van der Waals surface area contributed by atoms with E-state index in [-0.39, 0.29) is 5.82 Å². The lowest BCUT2D eigenvalue weighted by molar-refractivity contribution is 0.619. The molecular weight excluding hydrogens is 273 g/mol.